The van der Waals surface area contributed by atoms with Crippen LogP contribution in [0.3, 0.4) is 0 Å². The van der Waals surface area contributed by atoms with E-state index in [1.54, 1.807) is 18.2 Å². The highest BCUT2D eigenvalue weighted by molar-refractivity contribution is 6.31. The zero-order valence-electron chi connectivity index (χ0n) is 14.2. The van der Waals surface area contributed by atoms with Crippen molar-refractivity contribution >= 4 is 34.8 Å². The van der Waals surface area contributed by atoms with E-state index in [1.165, 1.54) is 12.5 Å². The van der Waals surface area contributed by atoms with Gasteiger partial charge < -0.3 is 10.6 Å². The Bertz CT molecular complexity index is 676. The predicted molar refractivity (Wildman–Crippen MR) is 94.6 cm³/mol. The molecule has 0 radical (unpaired) electrons. The molecule has 1 aliphatic carbocycles. The first kappa shape index (κ1) is 17.5. The third-order valence-corrected chi connectivity index (χ3v) is 4.49. The summed E-state index contributed by atoms with van der Waals surface area (Å²) in [7, 11) is 0. The average molecular weight is 335 g/mol. The number of allylic oxidation sites excluding steroid dienone is 2. The lowest BCUT2D eigenvalue weighted by atomic mass is 10.1. The van der Waals surface area contributed by atoms with E-state index in [0.717, 1.165) is 0 Å². The van der Waals surface area contributed by atoms with Crippen molar-refractivity contribution in [2.75, 3.05) is 10.6 Å². The largest absolute Gasteiger partial charge is 0.325 e. The molecule has 2 unspecified atom stereocenters. The SMILES string of the molecule is CC(=O)Nc1ccc(Cl)cc1NC(=O)C1C(C=C(C)C)C1(C)C. The predicted octanol–water partition coefficient (Wildman–Crippen LogP) is 4.48. The molecule has 2 N–H and O–H groups in total. The van der Waals surface area contributed by atoms with Crippen LogP contribution in [-0.2, 0) is 9.59 Å². The Kier molecular flexibility index (Phi) is 4.85. The Balaban J connectivity index is 2.20. The van der Waals surface area contributed by atoms with Crippen molar-refractivity contribution in [1.29, 1.82) is 0 Å². The lowest BCUT2D eigenvalue weighted by Crippen LogP contribution is -2.18. The molecule has 0 spiro atoms. The van der Waals surface area contributed by atoms with E-state index in [9.17, 15) is 9.59 Å². The van der Waals surface area contributed by atoms with Gasteiger partial charge in [-0.2, -0.15) is 0 Å². The minimum Gasteiger partial charge on any atom is -0.325 e. The molecule has 1 fully saturated rings. The minimum absolute atomic E-state index is 0.0497. The second-order valence-corrected chi connectivity index (χ2v) is 7.37. The molecule has 2 atom stereocenters. The van der Waals surface area contributed by atoms with Gasteiger partial charge in [-0.15, -0.1) is 0 Å². The summed E-state index contributed by atoms with van der Waals surface area (Å²) >= 11 is 6.01. The Morgan fingerprint density at radius 1 is 1.13 bits per heavy atom. The number of amides is 2. The Labute approximate surface area is 142 Å². The Morgan fingerprint density at radius 3 is 2.35 bits per heavy atom. The summed E-state index contributed by atoms with van der Waals surface area (Å²) in [6.45, 7) is 9.68. The van der Waals surface area contributed by atoms with Crippen molar-refractivity contribution in [3.05, 3.63) is 34.9 Å². The highest BCUT2D eigenvalue weighted by atomic mass is 35.5. The summed E-state index contributed by atoms with van der Waals surface area (Å²) in [5.41, 5.74) is 2.22. The van der Waals surface area contributed by atoms with Crippen molar-refractivity contribution in [2.45, 2.75) is 34.6 Å². The molecule has 5 heteroatoms. The van der Waals surface area contributed by atoms with Gasteiger partial charge in [0.25, 0.3) is 0 Å². The number of halogens is 1. The summed E-state index contributed by atoms with van der Waals surface area (Å²) in [6.07, 6.45) is 2.15. The number of benzene rings is 1. The van der Waals surface area contributed by atoms with Crippen LogP contribution >= 0.6 is 11.6 Å². The number of nitrogens with one attached hydrogen (secondary N) is 2. The molecule has 0 aromatic heterocycles. The number of carbonyl (C=O) groups excluding carboxylic acids is 2. The molecule has 1 saturated carbocycles. The maximum atomic E-state index is 12.6. The van der Waals surface area contributed by atoms with Gasteiger partial charge in [-0.1, -0.05) is 37.1 Å². The van der Waals surface area contributed by atoms with Gasteiger partial charge in [0.05, 0.1) is 17.3 Å². The molecule has 1 aromatic rings. The number of carbonyl (C=O) groups is 2. The van der Waals surface area contributed by atoms with Crippen molar-refractivity contribution in [1.82, 2.24) is 0 Å². The summed E-state index contributed by atoms with van der Waals surface area (Å²) < 4.78 is 0. The van der Waals surface area contributed by atoms with Crippen LogP contribution in [0.5, 0.6) is 0 Å². The average Bonchev–Trinajstić information content (AvgIpc) is 2.92. The monoisotopic (exact) mass is 334 g/mol. The molecule has 124 valence electrons. The first-order valence-corrected chi connectivity index (χ1v) is 8.03. The third-order valence-electron chi connectivity index (χ3n) is 4.26. The molecule has 0 aliphatic heterocycles. The van der Waals surface area contributed by atoms with E-state index in [4.69, 9.17) is 11.6 Å². The molecule has 1 aromatic carbocycles. The quantitative estimate of drug-likeness (QED) is 0.798. The van der Waals surface area contributed by atoms with Gasteiger partial charge in [-0.25, -0.2) is 0 Å². The fourth-order valence-corrected chi connectivity index (χ4v) is 3.15. The van der Waals surface area contributed by atoms with Crippen molar-refractivity contribution < 1.29 is 9.59 Å². The van der Waals surface area contributed by atoms with Crippen LogP contribution in [0, 0.1) is 17.3 Å². The van der Waals surface area contributed by atoms with Gasteiger partial charge in [0, 0.05) is 11.9 Å². The van der Waals surface area contributed by atoms with E-state index >= 15 is 0 Å². The second-order valence-electron chi connectivity index (χ2n) is 6.93. The standard InChI is InChI=1S/C18H23ClN2O2/c1-10(2)8-13-16(18(13,4)5)17(23)21-15-9-12(19)6-7-14(15)20-11(3)22/h6-9,13,16H,1-5H3,(H,20,22)(H,21,23). The van der Waals surface area contributed by atoms with Crippen LogP contribution in [0.25, 0.3) is 0 Å². The first-order valence-electron chi connectivity index (χ1n) is 7.66. The normalized spacial score (nSPS) is 21.3. The zero-order valence-corrected chi connectivity index (χ0v) is 14.9. The topological polar surface area (TPSA) is 58.2 Å². The smallest absolute Gasteiger partial charge is 0.228 e. The summed E-state index contributed by atoms with van der Waals surface area (Å²) in [5, 5.41) is 6.12. The molecule has 0 bridgehead atoms. The Morgan fingerprint density at radius 2 is 1.78 bits per heavy atom. The first-order chi connectivity index (χ1) is 10.6. The van der Waals surface area contributed by atoms with Crippen LogP contribution in [0.4, 0.5) is 11.4 Å². The molecule has 4 nitrogen and oxygen atoms in total. The summed E-state index contributed by atoms with van der Waals surface area (Å²) in [4.78, 5) is 23.9. The van der Waals surface area contributed by atoms with E-state index < -0.39 is 0 Å². The highest BCUT2D eigenvalue weighted by Crippen LogP contribution is 2.59. The number of rotatable bonds is 4. The van der Waals surface area contributed by atoms with E-state index in [0.29, 0.717) is 16.4 Å². The van der Waals surface area contributed by atoms with Gasteiger partial charge in [0.1, 0.15) is 0 Å². The maximum Gasteiger partial charge on any atom is 0.228 e. The molecule has 0 saturated heterocycles. The van der Waals surface area contributed by atoms with Crippen molar-refractivity contribution in [3.8, 4) is 0 Å². The number of hydrogen-bond acceptors (Lipinski definition) is 2. The Hall–Kier alpha value is -1.81. The van der Waals surface area contributed by atoms with Gasteiger partial charge in [0.2, 0.25) is 11.8 Å². The summed E-state index contributed by atoms with van der Waals surface area (Å²) in [5.74, 6) is -0.0965. The third kappa shape index (κ3) is 3.94. The lowest BCUT2D eigenvalue weighted by Gasteiger charge is -2.12. The molecule has 2 rings (SSSR count). The van der Waals surface area contributed by atoms with Gasteiger partial charge >= 0.3 is 0 Å². The number of hydrogen-bond donors (Lipinski definition) is 2. The fraction of sp³-hybridized carbons (Fsp3) is 0.444. The van der Waals surface area contributed by atoms with Gasteiger partial charge in [-0.3, -0.25) is 9.59 Å². The highest BCUT2D eigenvalue weighted by Gasteiger charge is 2.60. The van der Waals surface area contributed by atoms with Crippen LogP contribution in [0.15, 0.2) is 29.8 Å². The minimum atomic E-state index is -0.197. The molecule has 2 amide bonds. The molecule has 0 heterocycles. The second kappa shape index (κ2) is 6.36. The number of anilines is 2. The molecule has 1 aliphatic rings. The van der Waals surface area contributed by atoms with Crippen molar-refractivity contribution in [2.24, 2.45) is 17.3 Å². The van der Waals surface area contributed by atoms with Crippen LogP contribution in [0.1, 0.15) is 34.6 Å². The zero-order chi connectivity index (χ0) is 17.4. The van der Waals surface area contributed by atoms with Crippen molar-refractivity contribution in [3.63, 3.8) is 0 Å². The molecule has 23 heavy (non-hydrogen) atoms. The van der Waals surface area contributed by atoms with E-state index in [2.05, 4.69) is 30.6 Å². The maximum absolute atomic E-state index is 12.6. The van der Waals surface area contributed by atoms with E-state index in [1.807, 2.05) is 13.8 Å². The van der Waals surface area contributed by atoms with Gasteiger partial charge in [0.15, 0.2) is 0 Å². The van der Waals surface area contributed by atoms with E-state index in [-0.39, 0.29) is 29.1 Å². The molecular weight excluding hydrogens is 312 g/mol. The summed E-state index contributed by atoms with van der Waals surface area (Å²) in [6, 6.07) is 5.01. The van der Waals surface area contributed by atoms with Crippen LogP contribution in [0.2, 0.25) is 5.02 Å². The van der Waals surface area contributed by atoms with Crippen LogP contribution < -0.4 is 10.6 Å². The lowest BCUT2D eigenvalue weighted by molar-refractivity contribution is -0.118. The van der Waals surface area contributed by atoms with Crippen LogP contribution in [-0.4, -0.2) is 11.8 Å². The fourth-order valence-electron chi connectivity index (χ4n) is 2.98. The molecular formula is C18H23ClN2O2. The van der Waals surface area contributed by atoms with Gasteiger partial charge in [-0.05, 0) is 43.4 Å².